The van der Waals surface area contributed by atoms with Crippen LogP contribution in [0.25, 0.3) is 0 Å². The second-order valence-corrected chi connectivity index (χ2v) is 5.78. The average molecular weight is 301 g/mol. The van der Waals surface area contributed by atoms with Crippen molar-refractivity contribution in [3.63, 3.8) is 0 Å². The summed E-state index contributed by atoms with van der Waals surface area (Å²) in [5.41, 5.74) is 10.3. The summed E-state index contributed by atoms with van der Waals surface area (Å²) in [6.45, 7) is 7.26. The molecule has 0 heterocycles. The van der Waals surface area contributed by atoms with Gasteiger partial charge in [-0.05, 0) is 74.0 Å². The molecule has 118 valence electrons. The number of hydrogen-bond donors (Lipinski definition) is 1. The van der Waals surface area contributed by atoms with Crippen molar-refractivity contribution < 1.29 is 9.13 Å². The van der Waals surface area contributed by atoms with Crippen LogP contribution in [-0.2, 0) is 0 Å². The molecule has 2 aromatic carbocycles. The average Bonchev–Trinajstić information content (AvgIpc) is 2.50. The molecule has 0 aliphatic heterocycles. The maximum atomic E-state index is 13.3. The highest BCUT2D eigenvalue weighted by molar-refractivity contribution is 5.44. The standard InChI is InChI=1S/C19H24FNO/c1-13-7-8-14(2)19(15(13)3)22-10-9-17(12-21)16-5-4-6-18(20)11-16/h4-8,11,17H,9-10,12,21H2,1-3H3. The van der Waals surface area contributed by atoms with E-state index in [9.17, 15) is 4.39 Å². The first-order chi connectivity index (χ1) is 10.5. The van der Waals surface area contributed by atoms with Crippen molar-refractivity contribution in [2.24, 2.45) is 5.73 Å². The molecule has 0 spiro atoms. The zero-order valence-electron chi connectivity index (χ0n) is 13.5. The minimum atomic E-state index is -0.220. The second-order valence-electron chi connectivity index (χ2n) is 5.78. The number of ether oxygens (including phenoxy) is 1. The van der Waals surface area contributed by atoms with Crippen molar-refractivity contribution in [1.82, 2.24) is 0 Å². The van der Waals surface area contributed by atoms with Gasteiger partial charge in [0.2, 0.25) is 0 Å². The van der Waals surface area contributed by atoms with Crippen LogP contribution in [0.5, 0.6) is 5.75 Å². The molecular formula is C19H24FNO. The van der Waals surface area contributed by atoms with Crippen molar-refractivity contribution in [3.05, 3.63) is 64.5 Å². The summed E-state index contributed by atoms with van der Waals surface area (Å²) < 4.78 is 19.3. The van der Waals surface area contributed by atoms with Gasteiger partial charge in [0.05, 0.1) is 6.61 Å². The predicted octanol–water partition coefficient (Wildman–Crippen LogP) is 4.26. The zero-order chi connectivity index (χ0) is 16.1. The van der Waals surface area contributed by atoms with Gasteiger partial charge >= 0.3 is 0 Å². The van der Waals surface area contributed by atoms with Gasteiger partial charge < -0.3 is 10.5 Å². The summed E-state index contributed by atoms with van der Waals surface area (Å²) in [5.74, 6) is 0.846. The molecule has 2 nitrogen and oxygen atoms in total. The minimum Gasteiger partial charge on any atom is -0.493 e. The van der Waals surface area contributed by atoms with Gasteiger partial charge in [0.15, 0.2) is 0 Å². The minimum absolute atomic E-state index is 0.112. The van der Waals surface area contributed by atoms with Crippen LogP contribution < -0.4 is 10.5 Å². The molecule has 3 heteroatoms. The molecule has 1 unspecified atom stereocenters. The Kier molecular flexibility index (Phi) is 5.56. The summed E-state index contributed by atoms with van der Waals surface area (Å²) >= 11 is 0. The van der Waals surface area contributed by atoms with Gasteiger partial charge in [-0.3, -0.25) is 0 Å². The van der Waals surface area contributed by atoms with Crippen molar-refractivity contribution in [2.75, 3.05) is 13.2 Å². The van der Waals surface area contributed by atoms with Crippen LogP contribution in [0, 0.1) is 26.6 Å². The quantitative estimate of drug-likeness (QED) is 0.865. The zero-order valence-corrected chi connectivity index (χ0v) is 13.5. The Bertz CT molecular complexity index is 639. The van der Waals surface area contributed by atoms with E-state index in [1.807, 2.05) is 6.07 Å². The lowest BCUT2D eigenvalue weighted by atomic mass is 9.96. The molecule has 0 aromatic heterocycles. The molecule has 0 radical (unpaired) electrons. The summed E-state index contributed by atoms with van der Waals surface area (Å²) in [7, 11) is 0. The van der Waals surface area contributed by atoms with Crippen molar-refractivity contribution in [3.8, 4) is 5.75 Å². The molecule has 0 saturated carbocycles. The maximum absolute atomic E-state index is 13.3. The van der Waals surface area contributed by atoms with Crippen LogP contribution in [0.1, 0.15) is 34.6 Å². The highest BCUT2D eigenvalue weighted by Gasteiger charge is 2.12. The van der Waals surface area contributed by atoms with Crippen molar-refractivity contribution >= 4 is 0 Å². The lowest BCUT2D eigenvalue weighted by Gasteiger charge is -2.18. The molecule has 0 bridgehead atoms. The van der Waals surface area contributed by atoms with Crippen LogP contribution in [0.3, 0.4) is 0 Å². The Morgan fingerprint density at radius 3 is 2.50 bits per heavy atom. The summed E-state index contributed by atoms with van der Waals surface area (Å²) in [6, 6.07) is 10.8. The Hall–Kier alpha value is -1.87. The highest BCUT2D eigenvalue weighted by Crippen LogP contribution is 2.27. The lowest BCUT2D eigenvalue weighted by molar-refractivity contribution is 0.294. The summed E-state index contributed by atoms with van der Waals surface area (Å²) in [5, 5.41) is 0. The fraction of sp³-hybridized carbons (Fsp3) is 0.368. The topological polar surface area (TPSA) is 35.2 Å². The Labute approximate surface area is 132 Å². The van der Waals surface area contributed by atoms with E-state index >= 15 is 0 Å². The monoisotopic (exact) mass is 301 g/mol. The number of rotatable bonds is 6. The number of halogens is 1. The van der Waals surface area contributed by atoms with Crippen LogP contribution >= 0.6 is 0 Å². The number of hydrogen-bond acceptors (Lipinski definition) is 2. The smallest absolute Gasteiger partial charge is 0.125 e. The molecule has 2 rings (SSSR count). The van der Waals surface area contributed by atoms with E-state index in [1.165, 1.54) is 17.2 Å². The maximum Gasteiger partial charge on any atom is 0.125 e. The van der Waals surface area contributed by atoms with E-state index in [1.54, 1.807) is 12.1 Å². The number of nitrogens with two attached hydrogens (primary N) is 1. The number of benzene rings is 2. The molecule has 0 aliphatic rings. The van der Waals surface area contributed by atoms with Gasteiger partial charge in [0.1, 0.15) is 11.6 Å². The molecule has 0 aliphatic carbocycles. The summed E-state index contributed by atoms with van der Waals surface area (Å²) in [6.07, 6.45) is 0.771. The SMILES string of the molecule is Cc1ccc(C)c(OCCC(CN)c2cccc(F)c2)c1C. The van der Waals surface area contributed by atoms with Crippen LogP contribution in [-0.4, -0.2) is 13.2 Å². The molecule has 22 heavy (non-hydrogen) atoms. The van der Waals surface area contributed by atoms with Gasteiger partial charge in [-0.25, -0.2) is 4.39 Å². The normalized spacial score (nSPS) is 12.2. The van der Waals surface area contributed by atoms with E-state index < -0.39 is 0 Å². The van der Waals surface area contributed by atoms with Gasteiger partial charge in [0, 0.05) is 0 Å². The first kappa shape index (κ1) is 16.5. The van der Waals surface area contributed by atoms with E-state index in [0.717, 1.165) is 23.3 Å². The third-order valence-electron chi connectivity index (χ3n) is 4.19. The van der Waals surface area contributed by atoms with Crippen LogP contribution in [0.2, 0.25) is 0 Å². The second kappa shape index (κ2) is 7.41. The third kappa shape index (κ3) is 3.86. The molecule has 0 amide bonds. The molecule has 1 atom stereocenters. The molecule has 2 aromatic rings. The fourth-order valence-electron chi connectivity index (χ4n) is 2.63. The highest BCUT2D eigenvalue weighted by atomic mass is 19.1. The first-order valence-electron chi connectivity index (χ1n) is 7.68. The van der Waals surface area contributed by atoms with E-state index in [-0.39, 0.29) is 11.7 Å². The van der Waals surface area contributed by atoms with Gasteiger partial charge in [-0.2, -0.15) is 0 Å². The van der Waals surface area contributed by atoms with E-state index in [0.29, 0.717) is 13.2 Å². The molecule has 2 N–H and O–H groups in total. The predicted molar refractivity (Wildman–Crippen MR) is 89.0 cm³/mol. The van der Waals surface area contributed by atoms with Crippen molar-refractivity contribution in [1.29, 1.82) is 0 Å². The van der Waals surface area contributed by atoms with Crippen LogP contribution in [0.4, 0.5) is 4.39 Å². The molecular weight excluding hydrogens is 277 g/mol. The fourth-order valence-corrected chi connectivity index (χ4v) is 2.63. The first-order valence-corrected chi connectivity index (χ1v) is 7.68. The molecule has 0 saturated heterocycles. The summed E-state index contributed by atoms with van der Waals surface area (Å²) in [4.78, 5) is 0. The van der Waals surface area contributed by atoms with Gasteiger partial charge in [-0.15, -0.1) is 0 Å². The Morgan fingerprint density at radius 2 is 1.82 bits per heavy atom. The lowest BCUT2D eigenvalue weighted by Crippen LogP contribution is -2.16. The van der Waals surface area contributed by atoms with Gasteiger partial charge in [-0.1, -0.05) is 24.3 Å². The Balaban J connectivity index is 2.02. The van der Waals surface area contributed by atoms with E-state index in [4.69, 9.17) is 10.5 Å². The third-order valence-corrected chi connectivity index (χ3v) is 4.19. The Morgan fingerprint density at radius 1 is 1.09 bits per heavy atom. The molecule has 0 fully saturated rings. The van der Waals surface area contributed by atoms with Crippen LogP contribution in [0.15, 0.2) is 36.4 Å². The van der Waals surface area contributed by atoms with Crippen molar-refractivity contribution in [2.45, 2.75) is 33.1 Å². The number of aryl methyl sites for hydroxylation is 2. The van der Waals surface area contributed by atoms with E-state index in [2.05, 4.69) is 32.9 Å². The van der Waals surface area contributed by atoms with Gasteiger partial charge in [0.25, 0.3) is 0 Å². The largest absolute Gasteiger partial charge is 0.493 e.